The molecule has 0 N–H and O–H groups in total. The number of hydrogen-bond acceptors (Lipinski definition) is 6. The fraction of sp³-hybridized carbons (Fsp3) is 1.00. The molecule has 0 aliphatic carbocycles. The molecule has 0 heterocycles. The van der Waals surface area contributed by atoms with Gasteiger partial charge >= 0.3 is 29.4 Å². The van der Waals surface area contributed by atoms with Gasteiger partial charge in [0.05, 0.1) is 0 Å². The van der Waals surface area contributed by atoms with Gasteiger partial charge in [-0.25, -0.2) is 16.8 Å². The largest absolute Gasteiger partial charge is 2.00 e. The van der Waals surface area contributed by atoms with Gasteiger partial charge in [-0.1, -0.05) is 0 Å². The molecule has 6 nitrogen and oxygen atoms in total. The van der Waals surface area contributed by atoms with Crippen LogP contribution in [0.3, 0.4) is 0 Å². The summed E-state index contributed by atoms with van der Waals surface area (Å²) in [7, 11) is -10.3. The molecule has 0 amide bonds. The van der Waals surface area contributed by atoms with Crippen molar-refractivity contribution in [3.63, 3.8) is 0 Å². The van der Waals surface area contributed by atoms with E-state index in [9.17, 15) is 52.3 Å². The molecule has 0 aromatic rings. The standard InChI is InChI=1S/2C2H3F3O3S.Cu/c2*3-2(4,5)1-9(6,7)8;/h2*1H2,(H,6,7,8);/q;;+2/p-2. The Bertz CT molecular complexity index is 405. The summed E-state index contributed by atoms with van der Waals surface area (Å²) >= 11 is 0. The Morgan fingerprint density at radius 3 is 0.842 bits per heavy atom. The molecule has 0 rings (SSSR count). The van der Waals surface area contributed by atoms with Crippen LogP contribution >= 0.6 is 0 Å². The molecule has 0 aromatic heterocycles. The van der Waals surface area contributed by atoms with Gasteiger partial charge in [0.2, 0.25) is 0 Å². The van der Waals surface area contributed by atoms with Crippen molar-refractivity contribution in [1.82, 2.24) is 0 Å². The fourth-order valence-electron chi connectivity index (χ4n) is 0.401. The summed E-state index contributed by atoms with van der Waals surface area (Å²) in [5.74, 6) is -4.58. The topological polar surface area (TPSA) is 114 Å². The van der Waals surface area contributed by atoms with Gasteiger partial charge in [-0.15, -0.1) is 0 Å². The predicted molar refractivity (Wildman–Crippen MR) is 41.2 cm³/mol. The summed E-state index contributed by atoms with van der Waals surface area (Å²) in [6.45, 7) is 0. The van der Waals surface area contributed by atoms with Crippen LogP contribution in [0.2, 0.25) is 0 Å². The molecule has 0 aromatic carbocycles. The van der Waals surface area contributed by atoms with E-state index in [1.807, 2.05) is 0 Å². The van der Waals surface area contributed by atoms with Gasteiger partial charge in [0.1, 0.15) is 31.7 Å². The number of rotatable bonds is 2. The smallest absolute Gasteiger partial charge is 0.748 e. The van der Waals surface area contributed by atoms with E-state index in [0.717, 1.165) is 0 Å². The van der Waals surface area contributed by atoms with E-state index < -0.39 is 44.1 Å². The first-order valence-electron chi connectivity index (χ1n) is 3.42. The third kappa shape index (κ3) is 32.0. The summed E-state index contributed by atoms with van der Waals surface area (Å²) in [5.41, 5.74) is 0. The van der Waals surface area contributed by atoms with Crippen LogP contribution in [0.5, 0.6) is 0 Å². The van der Waals surface area contributed by atoms with Gasteiger partial charge in [0.25, 0.3) is 0 Å². The second-order valence-corrected chi connectivity index (χ2v) is 5.44. The van der Waals surface area contributed by atoms with E-state index in [1.165, 1.54) is 0 Å². The fourth-order valence-corrected chi connectivity index (χ4v) is 1.20. The average Bonchev–Trinajstić information content (AvgIpc) is 1.64. The minimum Gasteiger partial charge on any atom is -0.748 e. The molecule has 0 atom stereocenters. The predicted octanol–water partition coefficient (Wildman–Crippen LogP) is 0.185. The van der Waals surface area contributed by atoms with Gasteiger partial charge < -0.3 is 9.11 Å². The third-order valence-corrected chi connectivity index (χ3v) is 2.04. The van der Waals surface area contributed by atoms with Crippen LogP contribution in [0.1, 0.15) is 0 Å². The molecule has 0 unspecified atom stereocenters. The van der Waals surface area contributed by atoms with E-state index in [0.29, 0.717) is 0 Å². The van der Waals surface area contributed by atoms with Crippen molar-refractivity contribution in [3.05, 3.63) is 0 Å². The zero-order chi connectivity index (χ0) is 15.4. The Kier molecular flexibility index (Phi) is 9.63. The molecular weight excluding hydrogens is 386 g/mol. The maximum absolute atomic E-state index is 11.0. The first-order chi connectivity index (χ1) is 7.41. The minimum atomic E-state index is -5.16. The van der Waals surface area contributed by atoms with Crippen LogP contribution in [-0.2, 0) is 37.3 Å². The Morgan fingerprint density at radius 2 is 0.842 bits per heavy atom. The summed E-state index contributed by atoms with van der Waals surface area (Å²) in [5, 5.41) is 0. The Morgan fingerprint density at radius 1 is 0.684 bits per heavy atom. The van der Waals surface area contributed by atoms with Crippen LogP contribution in [0.4, 0.5) is 26.3 Å². The first kappa shape index (κ1) is 24.0. The molecule has 0 saturated heterocycles. The number of halogens is 6. The zero-order valence-electron chi connectivity index (χ0n) is 8.25. The van der Waals surface area contributed by atoms with Gasteiger partial charge in [-0.2, -0.15) is 26.3 Å². The van der Waals surface area contributed by atoms with Gasteiger partial charge in [0, 0.05) is 0 Å². The van der Waals surface area contributed by atoms with Crippen molar-refractivity contribution in [2.24, 2.45) is 0 Å². The normalized spacial score (nSPS) is 13.1. The van der Waals surface area contributed by atoms with Crippen molar-refractivity contribution < 1.29 is 69.4 Å². The van der Waals surface area contributed by atoms with E-state index in [-0.39, 0.29) is 17.1 Å². The average molecular weight is 390 g/mol. The second kappa shape index (κ2) is 7.64. The van der Waals surface area contributed by atoms with E-state index in [4.69, 9.17) is 0 Å². The molecular formula is C4H4CuF6O6S2. The first-order valence-corrected chi connectivity index (χ1v) is 6.57. The van der Waals surface area contributed by atoms with Crippen molar-refractivity contribution >= 4 is 20.2 Å². The molecule has 0 saturated carbocycles. The monoisotopic (exact) mass is 389 g/mol. The van der Waals surface area contributed by atoms with Crippen LogP contribution in [-0.4, -0.2) is 49.8 Å². The molecule has 0 aliphatic heterocycles. The molecule has 19 heavy (non-hydrogen) atoms. The maximum atomic E-state index is 11.0. The number of hydrogen-bond donors (Lipinski definition) is 0. The summed E-state index contributed by atoms with van der Waals surface area (Å²) in [4.78, 5) is 0. The number of alkyl halides is 6. The SMILES string of the molecule is O=S(=O)([O-])CC(F)(F)F.O=S(=O)([O-])CC(F)(F)F.[Cu+2]. The van der Waals surface area contributed by atoms with E-state index >= 15 is 0 Å². The molecule has 121 valence electrons. The molecule has 0 aliphatic rings. The summed E-state index contributed by atoms with van der Waals surface area (Å²) < 4.78 is 122. The van der Waals surface area contributed by atoms with Crippen molar-refractivity contribution in [3.8, 4) is 0 Å². The van der Waals surface area contributed by atoms with Crippen LogP contribution in [0.15, 0.2) is 0 Å². The van der Waals surface area contributed by atoms with Gasteiger partial charge in [-0.05, 0) is 0 Å². The Hall–Kier alpha value is -0.0805. The molecule has 1 radical (unpaired) electrons. The Balaban J connectivity index is -0.000000256. The zero-order valence-corrected chi connectivity index (χ0v) is 10.8. The van der Waals surface area contributed by atoms with Crippen molar-refractivity contribution in [1.29, 1.82) is 0 Å². The second-order valence-electron chi connectivity index (χ2n) is 2.63. The molecule has 15 heteroatoms. The van der Waals surface area contributed by atoms with Gasteiger partial charge in [-0.3, -0.25) is 0 Å². The van der Waals surface area contributed by atoms with Crippen molar-refractivity contribution in [2.45, 2.75) is 12.4 Å². The minimum absolute atomic E-state index is 0. The summed E-state index contributed by atoms with van der Waals surface area (Å²) in [6, 6.07) is 0. The van der Waals surface area contributed by atoms with Crippen LogP contribution < -0.4 is 0 Å². The Labute approximate surface area is 114 Å². The van der Waals surface area contributed by atoms with Gasteiger partial charge in [0.15, 0.2) is 0 Å². The summed E-state index contributed by atoms with van der Waals surface area (Å²) in [6.07, 6.45) is -9.83. The molecule has 0 fully saturated rings. The van der Waals surface area contributed by atoms with Crippen molar-refractivity contribution in [2.75, 3.05) is 11.5 Å². The third-order valence-electron chi connectivity index (χ3n) is 0.681. The van der Waals surface area contributed by atoms with Crippen LogP contribution in [0, 0.1) is 0 Å². The van der Waals surface area contributed by atoms with E-state index in [1.54, 1.807) is 0 Å². The molecule has 0 spiro atoms. The van der Waals surface area contributed by atoms with E-state index in [2.05, 4.69) is 0 Å². The molecule has 0 bridgehead atoms. The maximum Gasteiger partial charge on any atom is 2.00 e. The quantitative estimate of drug-likeness (QED) is 0.378. The van der Waals surface area contributed by atoms with Crippen LogP contribution in [0.25, 0.3) is 0 Å².